The predicted octanol–water partition coefficient (Wildman–Crippen LogP) is 3.03. The van der Waals surface area contributed by atoms with Gasteiger partial charge in [-0.25, -0.2) is 0 Å². The summed E-state index contributed by atoms with van der Waals surface area (Å²) in [4.78, 5) is 3.18. The van der Waals surface area contributed by atoms with E-state index in [4.69, 9.17) is 0 Å². The van der Waals surface area contributed by atoms with E-state index in [1.165, 1.54) is 49.5 Å². The first kappa shape index (κ1) is 10.8. The first-order valence-electron chi connectivity index (χ1n) is 5.26. The SMILES string of the molecule is CCCCCCCc1cc[nH]c1P. The number of unbranched alkanes of at least 4 members (excludes halogenated alkanes) is 4. The lowest BCUT2D eigenvalue weighted by Gasteiger charge is -2.00. The molecule has 0 aliphatic heterocycles. The average molecular weight is 197 g/mol. The molecule has 0 radical (unpaired) electrons. The average Bonchev–Trinajstić information content (AvgIpc) is 2.52. The third kappa shape index (κ3) is 3.95. The highest BCUT2D eigenvalue weighted by Gasteiger charge is 1.97. The molecule has 0 saturated heterocycles. The predicted molar refractivity (Wildman–Crippen MR) is 62.6 cm³/mol. The molecular weight excluding hydrogens is 177 g/mol. The van der Waals surface area contributed by atoms with Crippen LogP contribution in [0.15, 0.2) is 12.3 Å². The highest BCUT2D eigenvalue weighted by molar-refractivity contribution is 7.27. The molecule has 0 aromatic carbocycles. The monoisotopic (exact) mass is 197 g/mol. The normalized spacial score (nSPS) is 10.6. The van der Waals surface area contributed by atoms with Gasteiger partial charge in [-0.05, 0) is 24.5 Å². The van der Waals surface area contributed by atoms with Crippen molar-refractivity contribution in [2.75, 3.05) is 0 Å². The summed E-state index contributed by atoms with van der Waals surface area (Å²) in [5.74, 6) is 0. The van der Waals surface area contributed by atoms with Crippen LogP contribution in [-0.4, -0.2) is 4.98 Å². The molecule has 74 valence electrons. The summed E-state index contributed by atoms with van der Waals surface area (Å²) in [6.45, 7) is 2.26. The van der Waals surface area contributed by atoms with Crippen molar-refractivity contribution in [3.63, 3.8) is 0 Å². The molecule has 1 aromatic heterocycles. The molecule has 1 N–H and O–H groups in total. The number of H-pyrrole nitrogens is 1. The van der Waals surface area contributed by atoms with E-state index < -0.39 is 0 Å². The van der Waals surface area contributed by atoms with Crippen LogP contribution in [0.25, 0.3) is 0 Å². The highest BCUT2D eigenvalue weighted by Crippen LogP contribution is 2.08. The van der Waals surface area contributed by atoms with Gasteiger partial charge in [0.2, 0.25) is 0 Å². The third-order valence-electron chi connectivity index (χ3n) is 2.42. The summed E-state index contributed by atoms with van der Waals surface area (Å²) in [5, 5.41) is 0. The van der Waals surface area contributed by atoms with Crippen LogP contribution < -0.4 is 5.44 Å². The summed E-state index contributed by atoms with van der Waals surface area (Å²) in [7, 11) is 2.75. The van der Waals surface area contributed by atoms with Gasteiger partial charge in [-0.15, -0.1) is 0 Å². The van der Waals surface area contributed by atoms with Gasteiger partial charge in [-0.1, -0.05) is 41.8 Å². The Kier molecular flexibility index (Phi) is 5.15. The first-order chi connectivity index (χ1) is 6.34. The van der Waals surface area contributed by atoms with Gasteiger partial charge in [0.05, 0.1) is 0 Å². The van der Waals surface area contributed by atoms with E-state index in [-0.39, 0.29) is 0 Å². The summed E-state index contributed by atoms with van der Waals surface area (Å²) in [6, 6.07) is 2.18. The largest absolute Gasteiger partial charge is 0.362 e. The Morgan fingerprint density at radius 1 is 1.23 bits per heavy atom. The fourth-order valence-corrected chi connectivity index (χ4v) is 1.89. The van der Waals surface area contributed by atoms with Crippen LogP contribution in [0.3, 0.4) is 0 Å². The van der Waals surface area contributed by atoms with Crippen molar-refractivity contribution in [3.05, 3.63) is 17.8 Å². The second kappa shape index (κ2) is 6.21. The number of hydrogen-bond donors (Lipinski definition) is 1. The van der Waals surface area contributed by atoms with Crippen molar-refractivity contribution in [1.82, 2.24) is 4.98 Å². The number of rotatable bonds is 6. The van der Waals surface area contributed by atoms with Gasteiger partial charge in [-0.2, -0.15) is 0 Å². The van der Waals surface area contributed by atoms with E-state index in [0.717, 1.165) is 0 Å². The van der Waals surface area contributed by atoms with Crippen LogP contribution in [0, 0.1) is 0 Å². The van der Waals surface area contributed by atoms with E-state index >= 15 is 0 Å². The van der Waals surface area contributed by atoms with Gasteiger partial charge in [0.15, 0.2) is 0 Å². The molecule has 1 aromatic rings. The van der Waals surface area contributed by atoms with Crippen molar-refractivity contribution in [1.29, 1.82) is 0 Å². The molecule has 0 spiro atoms. The number of aryl methyl sites for hydroxylation is 1. The summed E-state index contributed by atoms with van der Waals surface area (Å²) >= 11 is 0. The zero-order valence-corrected chi connectivity index (χ0v) is 9.63. The third-order valence-corrected chi connectivity index (χ3v) is 2.96. The number of aromatic nitrogens is 1. The van der Waals surface area contributed by atoms with E-state index in [1.54, 1.807) is 0 Å². The Labute approximate surface area is 83.5 Å². The maximum absolute atomic E-state index is 3.18. The van der Waals surface area contributed by atoms with Crippen LogP contribution in [0.2, 0.25) is 0 Å². The van der Waals surface area contributed by atoms with E-state index in [0.29, 0.717) is 0 Å². The van der Waals surface area contributed by atoms with Crippen molar-refractivity contribution in [2.24, 2.45) is 0 Å². The number of aromatic amines is 1. The molecule has 2 heteroatoms. The van der Waals surface area contributed by atoms with E-state index in [2.05, 4.69) is 27.2 Å². The van der Waals surface area contributed by atoms with Gasteiger partial charge < -0.3 is 4.98 Å². The summed E-state index contributed by atoms with van der Waals surface area (Å²) < 4.78 is 0. The van der Waals surface area contributed by atoms with Gasteiger partial charge >= 0.3 is 0 Å². The molecule has 1 heterocycles. The minimum absolute atomic E-state index is 1.23. The Balaban J connectivity index is 2.10. The molecule has 13 heavy (non-hydrogen) atoms. The molecule has 0 amide bonds. The van der Waals surface area contributed by atoms with Gasteiger partial charge in [-0.3, -0.25) is 0 Å². The van der Waals surface area contributed by atoms with Gasteiger partial charge in [0, 0.05) is 11.6 Å². The lowest BCUT2D eigenvalue weighted by atomic mass is 10.1. The molecule has 1 rings (SSSR count). The second-order valence-corrected chi connectivity index (χ2v) is 4.16. The standard InChI is InChI=1S/C11H20NP/c1-2-3-4-5-6-7-10-8-9-12-11(10)13/h8-9,12H,2-7,13H2,1H3. The van der Waals surface area contributed by atoms with Crippen molar-refractivity contribution in [3.8, 4) is 0 Å². The van der Waals surface area contributed by atoms with Crippen LogP contribution in [0.4, 0.5) is 0 Å². The molecule has 1 nitrogen and oxygen atoms in total. The van der Waals surface area contributed by atoms with Crippen LogP contribution >= 0.6 is 9.24 Å². The molecule has 0 bridgehead atoms. The lowest BCUT2D eigenvalue weighted by Crippen LogP contribution is -1.98. The summed E-state index contributed by atoms with van der Waals surface area (Å²) in [5.41, 5.74) is 2.72. The van der Waals surface area contributed by atoms with Crippen LogP contribution in [0.1, 0.15) is 44.6 Å². The van der Waals surface area contributed by atoms with E-state index in [9.17, 15) is 0 Å². The molecule has 1 atom stereocenters. The maximum atomic E-state index is 3.18. The maximum Gasteiger partial charge on any atom is 0.0353 e. The van der Waals surface area contributed by atoms with Crippen molar-refractivity contribution in [2.45, 2.75) is 45.4 Å². The number of hydrogen-bond acceptors (Lipinski definition) is 0. The Morgan fingerprint density at radius 3 is 2.62 bits per heavy atom. The second-order valence-electron chi connectivity index (χ2n) is 3.58. The minimum atomic E-state index is 1.23. The zero-order valence-electron chi connectivity index (χ0n) is 8.47. The summed E-state index contributed by atoms with van der Waals surface area (Å²) in [6.07, 6.45) is 10.1. The highest BCUT2D eigenvalue weighted by atomic mass is 31.0. The minimum Gasteiger partial charge on any atom is -0.362 e. The Hall–Kier alpha value is -0.290. The quantitative estimate of drug-likeness (QED) is 0.533. The first-order valence-corrected chi connectivity index (χ1v) is 5.84. The van der Waals surface area contributed by atoms with Crippen molar-refractivity contribution >= 4 is 14.7 Å². The molecule has 0 saturated carbocycles. The fraction of sp³-hybridized carbons (Fsp3) is 0.636. The van der Waals surface area contributed by atoms with Crippen LogP contribution in [0.5, 0.6) is 0 Å². The smallest absolute Gasteiger partial charge is 0.0353 e. The van der Waals surface area contributed by atoms with Crippen LogP contribution in [-0.2, 0) is 6.42 Å². The molecular formula is C11H20NP. The molecule has 0 fully saturated rings. The van der Waals surface area contributed by atoms with Gasteiger partial charge in [0.25, 0.3) is 0 Å². The van der Waals surface area contributed by atoms with Gasteiger partial charge in [0.1, 0.15) is 0 Å². The van der Waals surface area contributed by atoms with E-state index in [1.807, 2.05) is 6.20 Å². The molecule has 0 aliphatic rings. The fourth-order valence-electron chi connectivity index (χ4n) is 1.55. The zero-order chi connectivity index (χ0) is 9.52. The lowest BCUT2D eigenvalue weighted by molar-refractivity contribution is 0.633. The Morgan fingerprint density at radius 2 is 2.00 bits per heavy atom. The number of nitrogens with one attached hydrogen (secondary N) is 1. The topological polar surface area (TPSA) is 15.8 Å². The molecule has 0 aliphatic carbocycles. The Bertz CT molecular complexity index is 230. The molecule has 1 unspecified atom stereocenters. The van der Waals surface area contributed by atoms with Crippen molar-refractivity contribution < 1.29 is 0 Å².